The van der Waals surface area contributed by atoms with Gasteiger partial charge in [0.2, 0.25) is 0 Å². The van der Waals surface area contributed by atoms with Crippen LogP contribution in [-0.4, -0.2) is 11.0 Å². The molecule has 4 heteroatoms. The Labute approximate surface area is 172 Å². The number of para-hydroxylation sites is 1. The van der Waals surface area contributed by atoms with Crippen molar-refractivity contribution in [3.63, 3.8) is 0 Å². The number of aryl methyl sites for hydroxylation is 1. The van der Waals surface area contributed by atoms with Crippen molar-refractivity contribution < 1.29 is 14.3 Å². The van der Waals surface area contributed by atoms with Gasteiger partial charge in [-0.1, -0.05) is 56.2 Å². The van der Waals surface area contributed by atoms with Crippen LogP contribution in [0.1, 0.15) is 62.5 Å². The second-order valence-electron chi connectivity index (χ2n) is 7.41. The van der Waals surface area contributed by atoms with Crippen LogP contribution in [0.15, 0.2) is 54.6 Å². The minimum Gasteiger partial charge on any atom is -0.487 e. The number of pyridine rings is 1. The van der Waals surface area contributed by atoms with E-state index >= 15 is 0 Å². The van der Waals surface area contributed by atoms with Crippen molar-refractivity contribution in [2.45, 2.75) is 59.2 Å². The first-order valence-corrected chi connectivity index (χ1v) is 10.3. The van der Waals surface area contributed by atoms with Crippen LogP contribution in [0.2, 0.25) is 0 Å². The van der Waals surface area contributed by atoms with Gasteiger partial charge in [-0.2, -0.15) is 0 Å². The molecule has 29 heavy (non-hydrogen) atoms. The van der Waals surface area contributed by atoms with Crippen LogP contribution in [0, 0.1) is 6.92 Å². The Morgan fingerprint density at radius 2 is 1.90 bits per heavy atom. The molecule has 0 radical (unpaired) electrons. The molecular weight excluding hydrogens is 362 g/mol. The normalized spacial score (nSPS) is 12.0. The smallest absolute Gasteiger partial charge is 0.303 e. The van der Waals surface area contributed by atoms with Gasteiger partial charge in [0, 0.05) is 18.0 Å². The van der Waals surface area contributed by atoms with Gasteiger partial charge in [0.05, 0.1) is 0 Å². The quantitative estimate of drug-likeness (QED) is 0.317. The topological polar surface area (TPSA) is 48.4 Å². The van der Waals surface area contributed by atoms with Crippen molar-refractivity contribution >= 4 is 16.9 Å². The van der Waals surface area contributed by atoms with Crippen molar-refractivity contribution in [3.8, 4) is 5.75 Å². The number of carbonyl (C=O) groups excluding carboxylic acids is 1. The monoisotopic (exact) mass is 391 g/mol. The Morgan fingerprint density at radius 3 is 2.69 bits per heavy atom. The summed E-state index contributed by atoms with van der Waals surface area (Å²) in [5.41, 5.74) is 3.90. The van der Waals surface area contributed by atoms with Crippen LogP contribution in [0.25, 0.3) is 10.9 Å². The van der Waals surface area contributed by atoms with E-state index in [4.69, 9.17) is 9.47 Å². The van der Waals surface area contributed by atoms with Crippen molar-refractivity contribution in [3.05, 3.63) is 71.4 Å². The lowest BCUT2D eigenvalue weighted by Gasteiger charge is -2.18. The molecule has 152 valence electrons. The van der Waals surface area contributed by atoms with Crippen molar-refractivity contribution in [1.82, 2.24) is 4.98 Å². The van der Waals surface area contributed by atoms with E-state index in [9.17, 15) is 4.79 Å². The maximum Gasteiger partial charge on any atom is 0.303 e. The number of aromatic nitrogens is 1. The molecule has 1 heterocycles. The molecule has 1 aromatic heterocycles. The number of esters is 1. The number of ether oxygens (including phenoxy) is 2. The van der Waals surface area contributed by atoms with E-state index < -0.39 is 0 Å². The number of rotatable bonds is 9. The van der Waals surface area contributed by atoms with E-state index in [0.717, 1.165) is 59.2 Å². The molecule has 0 fully saturated rings. The molecule has 3 aromatic rings. The maximum atomic E-state index is 11.6. The second kappa shape index (κ2) is 10.1. The fraction of sp³-hybridized carbons (Fsp3) is 0.360. The zero-order valence-corrected chi connectivity index (χ0v) is 17.5. The van der Waals surface area contributed by atoms with Crippen molar-refractivity contribution in [1.29, 1.82) is 0 Å². The highest BCUT2D eigenvalue weighted by atomic mass is 16.5. The number of fused-ring (bicyclic) bond motifs is 1. The van der Waals surface area contributed by atoms with Gasteiger partial charge in [-0.25, -0.2) is 4.98 Å². The van der Waals surface area contributed by atoms with Crippen LogP contribution in [0.5, 0.6) is 5.75 Å². The number of unbranched alkanes of at least 4 members (excludes halogenated alkanes) is 2. The predicted octanol–water partition coefficient (Wildman–Crippen LogP) is 6.31. The molecule has 4 nitrogen and oxygen atoms in total. The highest BCUT2D eigenvalue weighted by Gasteiger charge is 2.15. The summed E-state index contributed by atoms with van der Waals surface area (Å²) in [6, 6.07) is 18.2. The number of carbonyl (C=O) groups is 1. The SMILES string of the molecule is CCCCCC(OC(C)=O)c1cccc(COc2cccc3ccc(C)nc23)c1. The molecule has 2 aromatic carbocycles. The molecule has 0 bridgehead atoms. The first kappa shape index (κ1) is 20.8. The van der Waals surface area contributed by atoms with E-state index in [1.807, 2.05) is 49.4 Å². The van der Waals surface area contributed by atoms with Crippen LogP contribution in [0.3, 0.4) is 0 Å². The first-order chi connectivity index (χ1) is 14.1. The Balaban J connectivity index is 1.75. The minimum atomic E-state index is -0.245. The number of nitrogens with zero attached hydrogens (tertiary/aromatic N) is 1. The largest absolute Gasteiger partial charge is 0.487 e. The molecule has 0 aliphatic heterocycles. The first-order valence-electron chi connectivity index (χ1n) is 10.3. The Morgan fingerprint density at radius 1 is 1.07 bits per heavy atom. The summed E-state index contributed by atoms with van der Waals surface area (Å²) in [6.45, 7) is 6.05. The molecule has 1 unspecified atom stereocenters. The third-order valence-corrected chi connectivity index (χ3v) is 4.92. The minimum absolute atomic E-state index is 0.208. The summed E-state index contributed by atoms with van der Waals surface area (Å²) in [5.74, 6) is 0.529. The van der Waals surface area contributed by atoms with Gasteiger partial charge in [-0.3, -0.25) is 4.79 Å². The zero-order chi connectivity index (χ0) is 20.6. The lowest BCUT2D eigenvalue weighted by Crippen LogP contribution is -2.09. The van der Waals surface area contributed by atoms with Crippen molar-refractivity contribution in [2.24, 2.45) is 0 Å². The van der Waals surface area contributed by atoms with Crippen LogP contribution >= 0.6 is 0 Å². The third kappa shape index (κ3) is 5.80. The molecule has 0 saturated carbocycles. The standard InChI is InChI=1S/C25H29NO3/c1-4-5-6-12-23(29-19(3)27)22-11-7-9-20(16-22)17-28-24-13-8-10-21-15-14-18(2)26-25(21)24/h7-11,13-16,23H,4-6,12,17H2,1-3H3. The summed E-state index contributed by atoms with van der Waals surface area (Å²) < 4.78 is 11.7. The molecule has 0 aliphatic rings. The molecule has 0 amide bonds. The van der Waals surface area contributed by atoms with Crippen LogP contribution in [-0.2, 0) is 16.1 Å². The third-order valence-electron chi connectivity index (χ3n) is 4.92. The molecule has 0 saturated heterocycles. The van der Waals surface area contributed by atoms with Gasteiger partial charge in [-0.15, -0.1) is 0 Å². The van der Waals surface area contributed by atoms with Crippen molar-refractivity contribution in [2.75, 3.05) is 0 Å². The number of benzene rings is 2. The van der Waals surface area contributed by atoms with E-state index in [-0.39, 0.29) is 12.1 Å². The summed E-state index contributed by atoms with van der Waals surface area (Å²) in [4.78, 5) is 16.2. The molecule has 0 spiro atoms. The van der Waals surface area contributed by atoms with Gasteiger partial charge >= 0.3 is 5.97 Å². The molecule has 0 aliphatic carbocycles. The predicted molar refractivity (Wildman–Crippen MR) is 116 cm³/mol. The molecule has 3 rings (SSSR count). The van der Waals surface area contributed by atoms with E-state index in [0.29, 0.717) is 6.61 Å². The van der Waals surface area contributed by atoms with Crippen LogP contribution < -0.4 is 4.74 Å². The average molecular weight is 392 g/mol. The molecular formula is C25H29NO3. The summed E-state index contributed by atoms with van der Waals surface area (Å²) in [5, 5.41) is 1.06. The Kier molecular flexibility index (Phi) is 7.23. The van der Waals surface area contributed by atoms with Crippen LogP contribution in [0.4, 0.5) is 0 Å². The fourth-order valence-corrected chi connectivity index (χ4v) is 3.45. The second-order valence-corrected chi connectivity index (χ2v) is 7.41. The summed E-state index contributed by atoms with van der Waals surface area (Å²) in [6.07, 6.45) is 3.94. The molecule has 1 atom stereocenters. The summed E-state index contributed by atoms with van der Waals surface area (Å²) >= 11 is 0. The van der Waals surface area contributed by atoms with Gasteiger partial charge in [0.25, 0.3) is 0 Å². The number of hydrogen-bond donors (Lipinski definition) is 0. The van der Waals surface area contributed by atoms with Gasteiger partial charge in [0.1, 0.15) is 24.0 Å². The number of hydrogen-bond acceptors (Lipinski definition) is 4. The maximum absolute atomic E-state index is 11.6. The Hall–Kier alpha value is -2.88. The summed E-state index contributed by atoms with van der Waals surface area (Å²) in [7, 11) is 0. The lowest BCUT2D eigenvalue weighted by molar-refractivity contribution is -0.147. The Bertz CT molecular complexity index is 967. The molecule has 0 N–H and O–H groups in total. The zero-order valence-electron chi connectivity index (χ0n) is 17.5. The van der Waals surface area contributed by atoms with Gasteiger partial charge in [-0.05, 0) is 49.1 Å². The fourth-order valence-electron chi connectivity index (χ4n) is 3.45. The lowest BCUT2D eigenvalue weighted by atomic mass is 10.0. The highest BCUT2D eigenvalue weighted by molar-refractivity contribution is 5.84. The highest BCUT2D eigenvalue weighted by Crippen LogP contribution is 2.27. The van der Waals surface area contributed by atoms with E-state index in [1.165, 1.54) is 6.92 Å². The van der Waals surface area contributed by atoms with E-state index in [2.05, 4.69) is 24.0 Å². The average Bonchev–Trinajstić information content (AvgIpc) is 2.71. The van der Waals surface area contributed by atoms with Gasteiger partial charge in [0.15, 0.2) is 0 Å². The van der Waals surface area contributed by atoms with Gasteiger partial charge < -0.3 is 9.47 Å². The van der Waals surface area contributed by atoms with E-state index in [1.54, 1.807) is 0 Å².